The van der Waals surface area contributed by atoms with Gasteiger partial charge in [0, 0.05) is 15.8 Å². The van der Waals surface area contributed by atoms with E-state index in [0.29, 0.717) is 5.92 Å². The van der Waals surface area contributed by atoms with Crippen molar-refractivity contribution in [3.63, 3.8) is 0 Å². The standard InChI is InChI=1S/C15H16BrNOS/c1-18-12-8-10(4-5-11(12)16)13-6-7-14(19-13)15(17)9-2-3-9/h4-9,15H,2-3,17H2,1H3. The van der Waals surface area contributed by atoms with Crippen LogP contribution in [0.1, 0.15) is 23.8 Å². The van der Waals surface area contributed by atoms with E-state index in [2.05, 4.69) is 40.2 Å². The lowest BCUT2D eigenvalue weighted by molar-refractivity contribution is 0.412. The van der Waals surface area contributed by atoms with Crippen LogP contribution in [0.3, 0.4) is 0 Å². The van der Waals surface area contributed by atoms with Crippen molar-refractivity contribution < 1.29 is 4.74 Å². The van der Waals surface area contributed by atoms with Crippen LogP contribution in [0, 0.1) is 5.92 Å². The third kappa shape index (κ3) is 2.71. The Morgan fingerprint density at radius 1 is 1.32 bits per heavy atom. The van der Waals surface area contributed by atoms with Crippen LogP contribution in [-0.2, 0) is 0 Å². The topological polar surface area (TPSA) is 35.2 Å². The SMILES string of the molecule is COc1cc(-c2ccc(C(N)C3CC3)s2)ccc1Br. The molecule has 0 spiro atoms. The molecule has 2 N–H and O–H groups in total. The van der Waals surface area contributed by atoms with Crippen LogP contribution in [0.5, 0.6) is 5.75 Å². The molecule has 1 fully saturated rings. The molecule has 0 aliphatic heterocycles. The van der Waals surface area contributed by atoms with Crippen molar-refractivity contribution in [1.82, 2.24) is 0 Å². The summed E-state index contributed by atoms with van der Waals surface area (Å²) in [5.41, 5.74) is 7.43. The molecule has 0 saturated heterocycles. The summed E-state index contributed by atoms with van der Waals surface area (Å²) >= 11 is 5.27. The minimum atomic E-state index is 0.219. The van der Waals surface area contributed by atoms with Crippen LogP contribution in [0.4, 0.5) is 0 Å². The molecule has 4 heteroatoms. The predicted octanol–water partition coefficient (Wildman–Crippen LogP) is 4.60. The molecule has 1 heterocycles. The summed E-state index contributed by atoms with van der Waals surface area (Å²) in [5, 5.41) is 0. The van der Waals surface area contributed by atoms with E-state index in [-0.39, 0.29) is 6.04 Å². The van der Waals surface area contributed by atoms with Crippen molar-refractivity contribution in [2.75, 3.05) is 7.11 Å². The average Bonchev–Trinajstić information content (AvgIpc) is 3.16. The first-order chi connectivity index (χ1) is 9.19. The Kier molecular flexibility index (Phi) is 3.65. The van der Waals surface area contributed by atoms with Crippen molar-refractivity contribution in [3.8, 4) is 16.2 Å². The van der Waals surface area contributed by atoms with Gasteiger partial charge in [0.15, 0.2) is 0 Å². The largest absolute Gasteiger partial charge is 0.496 e. The summed E-state index contributed by atoms with van der Waals surface area (Å²) in [4.78, 5) is 2.54. The van der Waals surface area contributed by atoms with E-state index in [4.69, 9.17) is 10.5 Å². The van der Waals surface area contributed by atoms with Gasteiger partial charge in [-0.1, -0.05) is 6.07 Å². The summed E-state index contributed by atoms with van der Waals surface area (Å²) < 4.78 is 6.32. The van der Waals surface area contributed by atoms with Gasteiger partial charge >= 0.3 is 0 Å². The summed E-state index contributed by atoms with van der Waals surface area (Å²) in [6.07, 6.45) is 2.56. The van der Waals surface area contributed by atoms with Gasteiger partial charge in [0.05, 0.1) is 11.6 Å². The van der Waals surface area contributed by atoms with Gasteiger partial charge in [-0.2, -0.15) is 0 Å². The number of thiophene rings is 1. The zero-order valence-corrected chi connectivity index (χ0v) is 13.1. The highest BCUT2D eigenvalue weighted by Crippen LogP contribution is 2.43. The molecule has 3 rings (SSSR count). The lowest BCUT2D eigenvalue weighted by Crippen LogP contribution is -2.10. The van der Waals surface area contributed by atoms with Gasteiger partial charge < -0.3 is 10.5 Å². The first kappa shape index (κ1) is 13.2. The Morgan fingerprint density at radius 2 is 2.11 bits per heavy atom. The Labute approximate surface area is 125 Å². The summed E-state index contributed by atoms with van der Waals surface area (Å²) in [6, 6.07) is 10.7. The van der Waals surface area contributed by atoms with Crippen LogP contribution >= 0.6 is 27.3 Å². The first-order valence-electron chi connectivity index (χ1n) is 6.38. The lowest BCUT2D eigenvalue weighted by atomic mass is 10.1. The molecule has 2 aromatic rings. The summed E-state index contributed by atoms with van der Waals surface area (Å²) in [5.74, 6) is 1.56. The quantitative estimate of drug-likeness (QED) is 0.884. The Balaban J connectivity index is 1.89. The van der Waals surface area contributed by atoms with Crippen molar-refractivity contribution in [1.29, 1.82) is 0 Å². The molecule has 1 aromatic carbocycles. The van der Waals surface area contributed by atoms with Gasteiger partial charge in [0.2, 0.25) is 0 Å². The third-order valence-corrected chi connectivity index (χ3v) is 5.41. The van der Waals surface area contributed by atoms with Crippen molar-refractivity contribution in [2.45, 2.75) is 18.9 Å². The fraction of sp³-hybridized carbons (Fsp3) is 0.333. The molecular weight excluding hydrogens is 322 g/mol. The van der Waals surface area contributed by atoms with E-state index in [9.17, 15) is 0 Å². The van der Waals surface area contributed by atoms with Gasteiger partial charge in [-0.3, -0.25) is 0 Å². The Morgan fingerprint density at radius 3 is 2.79 bits per heavy atom. The third-order valence-electron chi connectivity index (χ3n) is 3.52. The van der Waals surface area contributed by atoms with Gasteiger partial charge in [-0.05, 0) is 64.5 Å². The number of methoxy groups -OCH3 is 1. The zero-order valence-electron chi connectivity index (χ0n) is 10.7. The maximum absolute atomic E-state index is 6.25. The molecule has 0 radical (unpaired) electrons. The molecule has 1 aliphatic carbocycles. The van der Waals surface area contributed by atoms with E-state index < -0.39 is 0 Å². The van der Waals surface area contributed by atoms with Crippen LogP contribution in [0.2, 0.25) is 0 Å². The molecule has 1 saturated carbocycles. The summed E-state index contributed by atoms with van der Waals surface area (Å²) in [7, 11) is 1.69. The van der Waals surface area contributed by atoms with Gasteiger partial charge in [-0.25, -0.2) is 0 Å². The highest BCUT2D eigenvalue weighted by molar-refractivity contribution is 9.10. The number of benzene rings is 1. The fourth-order valence-electron chi connectivity index (χ4n) is 2.19. The van der Waals surface area contributed by atoms with Crippen molar-refractivity contribution in [3.05, 3.63) is 39.7 Å². The van der Waals surface area contributed by atoms with Crippen LogP contribution in [0.25, 0.3) is 10.4 Å². The normalized spacial score (nSPS) is 16.4. The highest BCUT2D eigenvalue weighted by atomic mass is 79.9. The van der Waals surface area contributed by atoms with E-state index >= 15 is 0 Å². The Bertz CT molecular complexity index is 592. The van der Waals surface area contributed by atoms with E-state index in [0.717, 1.165) is 10.2 Å². The second kappa shape index (κ2) is 5.27. The molecule has 1 aliphatic rings. The number of ether oxygens (including phenoxy) is 1. The lowest BCUT2D eigenvalue weighted by Gasteiger charge is -2.07. The number of nitrogens with two attached hydrogens (primary N) is 1. The first-order valence-corrected chi connectivity index (χ1v) is 7.99. The zero-order chi connectivity index (χ0) is 13.4. The maximum atomic E-state index is 6.25. The molecule has 0 amide bonds. The van der Waals surface area contributed by atoms with E-state index in [1.807, 2.05) is 6.07 Å². The van der Waals surface area contributed by atoms with Crippen LogP contribution in [0.15, 0.2) is 34.8 Å². The predicted molar refractivity (Wildman–Crippen MR) is 83.7 cm³/mol. The highest BCUT2D eigenvalue weighted by Gasteiger charge is 2.30. The monoisotopic (exact) mass is 337 g/mol. The number of hydrogen-bond acceptors (Lipinski definition) is 3. The van der Waals surface area contributed by atoms with Crippen molar-refractivity contribution >= 4 is 27.3 Å². The number of halogens is 1. The van der Waals surface area contributed by atoms with Gasteiger partial charge in [0.25, 0.3) is 0 Å². The molecule has 1 aromatic heterocycles. The molecular formula is C15H16BrNOS. The minimum Gasteiger partial charge on any atom is -0.496 e. The fourth-order valence-corrected chi connectivity index (χ4v) is 3.70. The Hall–Kier alpha value is -0.840. The minimum absolute atomic E-state index is 0.219. The second-order valence-corrected chi connectivity index (χ2v) is 6.88. The number of hydrogen-bond donors (Lipinski definition) is 1. The van der Waals surface area contributed by atoms with Crippen LogP contribution < -0.4 is 10.5 Å². The molecule has 0 bridgehead atoms. The van der Waals surface area contributed by atoms with Crippen LogP contribution in [-0.4, -0.2) is 7.11 Å². The molecule has 1 atom stereocenters. The molecule has 1 unspecified atom stereocenters. The summed E-state index contributed by atoms with van der Waals surface area (Å²) in [6.45, 7) is 0. The van der Waals surface area contributed by atoms with Gasteiger partial charge in [0.1, 0.15) is 5.75 Å². The van der Waals surface area contributed by atoms with E-state index in [1.165, 1.54) is 28.2 Å². The van der Waals surface area contributed by atoms with Gasteiger partial charge in [-0.15, -0.1) is 11.3 Å². The average molecular weight is 338 g/mol. The second-order valence-electron chi connectivity index (χ2n) is 4.91. The molecule has 19 heavy (non-hydrogen) atoms. The smallest absolute Gasteiger partial charge is 0.133 e. The van der Waals surface area contributed by atoms with Crippen molar-refractivity contribution in [2.24, 2.45) is 11.7 Å². The van der Waals surface area contributed by atoms with E-state index in [1.54, 1.807) is 18.4 Å². The number of rotatable bonds is 4. The maximum Gasteiger partial charge on any atom is 0.133 e. The molecule has 100 valence electrons. The molecule has 2 nitrogen and oxygen atoms in total.